The van der Waals surface area contributed by atoms with Gasteiger partial charge in [-0.1, -0.05) is 26.8 Å². The molecule has 0 atom stereocenters. The molecule has 0 saturated heterocycles. The lowest BCUT2D eigenvalue weighted by Crippen LogP contribution is -2.07. The van der Waals surface area contributed by atoms with E-state index in [1.165, 1.54) is 6.07 Å². The Hall–Kier alpha value is -1.38. The number of esters is 1. The molecule has 0 amide bonds. The smallest absolute Gasteiger partial charge is 0.310 e. The molecule has 0 aliphatic rings. The van der Waals surface area contributed by atoms with E-state index in [4.69, 9.17) is 4.74 Å². The van der Waals surface area contributed by atoms with Crippen molar-refractivity contribution >= 4 is 5.97 Å². The van der Waals surface area contributed by atoms with E-state index in [1.54, 1.807) is 19.1 Å². The summed E-state index contributed by atoms with van der Waals surface area (Å²) in [7, 11) is 0. The van der Waals surface area contributed by atoms with E-state index in [9.17, 15) is 9.18 Å². The van der Waals surface area contributed by atoms with E-state index in [0.29, 0.717) is 0 Å². The van der Waals surface area contributed by atoms with Crippen LogP contribution in [0.4, 0.5) is 4.39 Å². The van der Waals surface area contributed by atoms with Gasteiger partial charge in [-0.25, -0.2) is 4.39 Å². The summed E-state index contributed by atoms with van der Waals surface area (Å²) in [6, 6.07) is 4.60. The third-order valence-electron chi connectivity index (χ3n) is 2.13. The maximum atomic E-state index is 13.3. The number of rotatable bonds is 3. The van der Waals surface area contributed by atoms with Crippen molar-refractivity contribution in [3.05, 3.63) is 29.6 Å². The molecule has 0 aliphatic heterocycles. The van der Waals surface area contributed by atoms with Crippen molar-refractivity contribution in [2.45, 2.75) is 33.1 Å². The van der Waals surface area contributed by atoms with E-state index >= 15 is 0 Å². The molecule has 0 aromatic heterocycles. The maximum absolute atomic E-state index is 13.3. The summed E-state index contributed by atoms with van der Waals surface area (Å²) in [6.45, 7) is 5.67. The summed E-state index contributed by atoms with van der Waals surface area (Å²) in [6.07, 6.45) is 0.241. The predicted octanol–water partition coefficient (Wildman–Crippen LogP) is 3.26. The maximum Gasteiger partial charge on any atom is 0.310 e. The molecule has 1 aromatic carbocycles. The van der Waals surface area contributed by atoms with Gasteiger partial charge in [0, 0.05) is 6.42 Å². The molecule has 15 heavy (non-hydrogen) atoms. The fourth-order valence-electron chi connectivity index (χ4n) is 1.15. The van der Waals surface area contributed by atoms with Crippen molar-refractivity contribution in [3.63, 3.8) is 0 Å². The van der Waals surface area contributed by atoms with Crippen molar-refractivity contribution in [1.29, 1.82) is 0 Å². The van der Waals surface area contributed by atoms with Crippen LogP contribution in [0.25, 0.3) is 0 Å². The van der Waals surface area contributed by atoms with Crippen LogP contribution in [0.3, 0.4) is 0 Å². The summed E-state index contributed by atoms with van der Waals surface area (Å²) >= 11 is 0. The van der Waals surface area contributed by atoms with Crippen LogP contribution in [-0.4, -0.2) is 5.97 Å². The minimum Gasteiger partial charge on any atom is -0.423 e. The summed E-state index contributed by atoms with van der Waals surface area (Å²) in [5.41, 5.74) is 0.954. The quantitative estimate of drug-likeness (QED) is 0.565. The Morgan fingerprint density at radius 3 is 2.67 bits per heavy atom. The van der Waals surface area contributed by atoms with Crippen LogP contribution in [-0.2, 0) is 4.79 Å². The highest BCUT2D eigenvalue weighted by Gasteiger charge is 2.10. The Morgan fingerprint density at radius 1 is 1.47 bits per heavy atom. The number of hydrogen-bond donors (Lipinski definition) is 0. The molecule has 1 rings (SSSR count). The van der Waals surface area contributed by atoms with Crippen molar-refractivity contribution in [1.82, 2.24) is 0 Å². The highest BCUT2D eigenvalue weighted by molar-refractivity contribution is 5.72. The Balaban J connectivity index is 2.95. The normalized spacial score (nSPS) is 10.5. The van der Waals surface area contributed by atoms with Crippen LogP contribution >= 0.6 is 0 Å². The van der Waals surface area contributed by atoms with Crippen molar-refractivity contribution < 1.29 is 13.9 Å². The molecular weight excluding hydrogens is 195 g/mol. The Bertz CT molecular complexity index is 359. The zero-order chi connectivity index (χ0) is 11.4. The minimum absolute atomic E-state index is 0.0213. The van der Waals surface area contributed by atoms with Gasteiger partial charge >= 0.3 is 5.97 Å². The number of ether oxygens (including phenoxy) is 1. The van der Waals surface area contributed by atoms with Crippen LogP contribution in [0.15, 0.2) is 18.2 Å². The zero-order valence-corrected chi connectivity index (χ0v) is 9.21. The minimum atomic E-state index is -0.499. The molecule has 0 unspecified atom stereocenters. The van der Waals surface area contributed by atoms with E-state index in [2.05, 4.69) is 0 Å². The molecule has 82 valence electrons. The standard InChI is InChI=1S/C12H15FO2/c1-4-12(14)15-11-7-9(8(2)3)5-6-10(11)13/h5-8H,4H2,1-3H3. The highest BCUT2D eigenvalue weighted by Crippen LogP contribution is 2.23. The molecule has 0 fully saturated rings. The molecule has 2 nitrogen and oxygen atoms in total. The monoisotopic (exact) mass is 210 g/mol. The van der Waals surface area contributed by atoms with Gasteiger partial charge in [-0.2, -0.15) is 0 Å². The van der Waals surface area contributed by atoms with E-state index in [1.807, 2.05) is 13.8 Å². The summed E-state index contributed by atoms with van der Waals surface area (Å²) in [4.78, 5) is 11.0. The Morgan fingerprint density at radius 2 is 2.13 bits per heavy atom. The molecule has 0 saturated carbocycles. The highest BCUT2D eigenvalue weighted by atomic mass is 19.1. The lowest BCUT2D eigenvalue weighted by molar-refractivity contribution is -0.134. The van der Waals surface area contributed by atoms with Gasteiger partial charge in [0.1, 0.15) is 0 Å². The van der Waals surface area contributed by atoms with Gasteiger partial charge in [-0.05, 0) is 23.6 Å². The second kappa shape index (κ2) is 4.91. The van der Waals surface area contributed by atoms with Crippen LogP contribution in [0.2, 0.25) is 0 Å². The SMILES string of the molecule is CCC(=O)Oc1cc(C(C)C)ccc1F. The van der Waals surface area contributed by atoms with Crippen molar-refractivity contribution in [3.8, 4) is 5.75 Å². The third kappa shape index (κ3) is 3.05. The molecule has 0 radical (unpaired) electrons. The first-order valence-corrected chi connectivity index (χ1v) is 5.04. The molecular formula is C12H15FO2. The third-order valence-corrected chi connectivity index (χ3v) is 2.13. The lowest BCUT2D eigenvalue weighted by Gasteiger charge is -2.09. The van der Waals surface area contributed by atoms with Crippen LogP contribution in [0.5, 0.6) is 5.75 Å². The average Bonchev–Trinajstić information content (AvgIpc) is 2.20. The zero-order valence-electron chi connectivity index (χ0n) is 9.21. The van der Waals surface area contributed by atoms with Gasteiger partial charge in [-0.3, -0.25) is 4.79 Å². The van der Waals surface area contributed by atoms with Crippen molar-refractivity contribution in [2.24, 2.45) is 0 Å². The van der Waals surface area contributed by atoms with Gasteiger partial charge < -0.3 is 4.74 Å². The summed E-state index contributed by atoms with van der Waals surface area (Å²) in [5, 5.41) is 0. The number of halogens is 1. The molecule has 0 bridgehead atoms. The second-order valence-electron chi connectivity index (χ2n) is 3.67. The van der Waals surface area contributed by atoms with Gasteiger partial charge in [0.25, 0.3) is 0 Å². The van der Waals surface area contributed by atoms with Gasteiger partial charge in [0.05, 0.1) is 0 Å². The molecule has 0 heterocycles. The van der Waals surface area contributed by atoms with Crippen molar-refractivity contribution in [2.75, 3.05) is 0 Å². The molecule has 1 aromatic rings. The molecule has 3 heteroatoms. The number of hydrogen-bond acceptors (Lipinski definition) is 2. The number of carbonyl (C=O) groups is 1. The topological polar surface area (TPSA) is 26.3 Å². The van der Waals surface area contributed by atoms with E-state index in [-0.39, 0.29) is 18.1 Å². The molecule has 0 spiro atoms. The first kappa shape index (κ1) is 11.7. The van der Waals surface area contributed by atoms with Gasteiger partial charge in [0.15, 0.2) is 11.6 Å². The van der Waals surface area contributed by atoms with E-state index in [0.717, 1.165) is 5.56 Å². The Kier molecular flexibility index (Phi) is 3.83. The van der Waals surface area contributed by atoms with E-state index < -0.39 is 11.8 Å². The first-order chi connectivity index (χ1) is 7.04. The van der Waals surface area contributed by atoms with Gasteiger partial charge in [0.2, 0.25) is 0 Å². The molecule has 0 aliphatic carbocycles. The lowest BCUT2D eigenvalue weighted by atomic mass is 10.0. The fourth-order valence-corrected chi connectivity index (χ4v) is 1.15. The van der Waals surface area contributed by atoms with Crippen LogP contribution in [0.1, 0.15) is 38.7 Å². The van der Waals surface area contributed by atoms with Crippen LogP contribution < -0.4 is 4.74 Å². The summed E-state index contributed by atoms with van der Waals surface area (Å²) in [5.74, 6) is -0.617. The second-order valence-corrected chi connectivity index (χ2v) is 3.67. The number of carbonyl (C=O) groups excluding carboxylic acids is 1. The number of benzene rings is 1. The first-order valence-electron chi connectivity index (χ1n) is 5.04. The van der Waals surface area contributed by atoms with Gasteiger partial charge in [-0.15, -0.1) is 0 Å². The largest absolute Gasteiger partial charge is 0.423 e. The predicted molar refractivity (Wildman–Crippen MR) is 56.4 cm³/mol. The van der Waals surface area contributed by atoms with Crippen LogP contribution in [0, 0.1) is 5.82 Å². The average molecular weight is 210 g/mol. The Labute approximate surface area is 89.1 Å². The molecule has 0 N–H and O–H groups in total. The summed E-state index contributed by atoms with van der Waals surface area (Å²) < 4.78 is 18.1. The fraction of sp³-hybridized carbons (Fsp3) is 0.417.